The van der Waals surface area contributed by atoms with Crippen molar-refractivity contribution in [2.24, 2.45) is 0 Å². The van der Waals surface area contributed by atoms with Crippen molar-refractivity contribution in [2.45, 2.75) is 38.8 Å². The summed E-state index contributed by atoms with van der Waals surface area (Å²) < 4.78 is 9.74. The molecule has 2 amide bonds. The van der Waals surface area contributed by atoms with E-state index in [0.29, 0.717) is 10.6 Å². The van der Waals surface area contributed by atoms with Gasteiger partial charge in [0.2, 0.25) is 0 Å². The second-order valence-corrected chi connectivity index (χ2v) is 6.24. The number of amides is 2. The van der Waals surface area contributed by atoms with Crippen LogP contribution in [0.15, 0.2) is 24.3 Å². The summed E-state index contributed by atoms with van der Waals surface area (Å²) in [4.78, 5) is 36.6. The number of rotatable bonds is 1. The van der Waals surface area contributed by atoms with Crippen LogP contribution in [-0.4, -0.2) is 28.7 Å². The van der Waals surface area contributed by atoms with Gasteiger partial charge in [-0.1, -0.05) is 29.8 Å². The number of hydrogen-bond acceptors (Lipinski definition) is 5. The maximum Gasteiger partial charge on any atom is 0.427 e. The van der Waals surface area contributed by atoms with Gasteiger partial charge in [-0.3, -0.25) is 4.79 Å². The molecular weight excluding hydrogens is 310 g/mol. The molecule has 0 N–H and O–H groups in total. The normalized spacial score (nSPS) is 18.9. The Morgan fingerprint density at radius 3 is 2.55 bits per heavy atom. The first-order valence-corrected chi connectivity index (χ1v) is 7.08. The van der Waals surface area contributed by atoms with Crippen LogP contribution in [0.4, 0.5) is 9.59 Å². The molecular formula is C15H16ClNO5. The van der Waals surface area contributed by atoms with Gasteiger partial charge in [0, 0.05) is 5.02 Å². The fourth-order valence-electron chi connectivity index (χ4n) is 2.07. The Balaban J connectivity index is 2.38. The van der Waals surface area contributed by atoms with Gasteiger partial charge in [0.15, 0.2) is 0 Å². The van der Waals surface area contributed by atoms with Crippen molar-refractivity contribution in [3.8, 4) is 0 Å². The van der Waals surface area contributed by atoms with Gasteiger partial charge < -0.3 is 9.47 Å². The lowest BCUT2D eigenvalue weighted by Gasteiger charge is -2.34. The van der Waals surface area contributed by atoms with Crippen molar-refractivity contribution in [2.75, 3.05) is 0 Å². The van der Waals surface area contributed by atoms with Gasteiger partial charge in [-0.25, -0.2) is 14.5 Å². The third-order valence-electron chi connectivity index (χ3n) is 2.92. The zero-order chi connectivity index (χ0) is 16.5. The molecule has 1 aliphatic heterocycles. The second-order valence-electron chi connectivity index (χ2n) is 5.83. The first kappa shape index (κ1) is 16.3. The molecule has 0 unspecified atom stereocenters. The Morgan fingerprint density at radius 2 is 1.95 bits per heavy atom. The number of benzene rings is 1. The Hall–Kier alpha value is -2.08. The minimum atomic E-state index is -1.06. The molecule has 1 atom stereocenters. The molecule has 0 radical (unpaired) electrons. The van der Waals surface area contributed by atoms with Gasteiger partial charge in [-0.15, -0.1) is 0 Å². The highest BCUT2D eigenvalue weighted by Gasteiger charge is 2.42. The first-order chi connectivity index (χ1) is 10.2. The highest BCUT2D eigenvalue weighted by Crippen LogP contribution is 2.34. The van der Waals surface area contributed by atoms with Gasteiger partial charge in [0.05, 0.1) is 12.5 Å². The van der Waals surface area contributed by atoms with Crippen molar-refractivity contribution < 1.29 is 23.9 Å². The largest absolute Gasteiger partial charge is 0.443 e. The number of hydrogen-bond donors (Lipinski definition) is 0. The third kappa shape index (κ3) is 3.57. The zero-order valence-electron chi connectivity index (χ0n) is 12.5. The fraction of sp³-hybridized carbons (Fsp3) is 0.400. The van der Waals surface area contributed by atoms with Gasteiger partial charge >= 0.3 is 18.2 Å². The third-order valence-corrected chi connectivity index (χ3v) is 3.27. The van der Waals surface area contributed by atoms with Crippen molar-refractivity contribution in [3.05, 3.63) is 34.9 Å². The van der Waals surface area contributed by atoms with E-state index in [1.807, 2.05) is 0 Å². The van der Waals surface area contributed by atoms with Crippen molar-refractivity contribution in [1.82, 2.24) is 4.90 Å². The van der Waals surface area contributed by atoms with Crippen LogP contribution >= 0.6 is 11.6 Å². The lowest BCUT2D eigenvalue weighted by molar-refractivity contribution is -0.143. The number of carbonyl (C=O) groups is 3. The average Bonchev–Trinajstić information content (AvgIpc) is 2.35. The predicted molar refractivity (Wildman–Crippen MR) is 78.4 cm³/mol. The number of esters is 1. The first-order valence-electron chi connectivity index (χ1n) is 6.70. The molecule has 7 heteroatoms. The van der Waals surface area contributed by atoms with Crippen molar-refractivity contribution in [3.63, 3.8) is 0 Å². The summed E-state index contributed by atoms with van der Waals surface area (Å²) >= 11 is 6.11. The summed E-state index contributed by atoms with van der Waals surface area (Å²) in [5.41, 5.74) is -0.302. The summed E-state index contributed by atoms with van der Waals surface area (Å²) in [6, 6.07) is 5.84. The summed E-state index contributed by atoms with van der Waals surface area (Å²) in [5, 5.41) is 0.351. The molecule has 1 heterocycles. The van der Waals surface area contributed by atoms with Crippen LogP contribution < -0.4 is 0 Å². The Morgan fingerprint density at radius 1 is 1.32 bits per heavy atom. The monoisotopic (exact) mass is 325 g/mol. The maximum absolute atomic E-state index is 12.3. The summed E-state index contributed by atoms with van der Waals surface area (Å²) in [6.07, 6.45) is -2.11. The Kier molecular flexibility index (Phi) is 4.42. The maximum atomic E-state index is 12.3. The van der Waals surface area contributed by atoms with Crippen LogP contribution in [0.25, 0.3) is 0 Å². The highest BCUT2D eigenvalue weighted by molar-refractivity contribution is 6.31. The number of halogens is 1. The topological polar surface area (TPSA) is 72.9 Å². The molecule has 1 saturated heterocycles. The lowest BCUT2D eigenvalue weighted by atomic mass is 10.0. The molecule has 0 spiro atoms. The van der Waals surface area contributed by atoms with E-state index in [1.165, 1.54) is 0 Å². The van der Waals surface area contributed by atoms with E-state index in [4.69, 9.17) is 16.3 Å². The number of imide groups is 1. The van der Waals surface area contributed by atoms with E-state index in [1.54, 1.807) is 45.0 Å². The summed E-state index contributed by atoms with van der Waals surface area (Å²) in [7, 11) is 0. The molecule has 6 nitrogen and oxygen atoms in total. The van der Waals surface area contributed by atoms with Crippen LogP contribution in [0, 0.1) is 0 Å². The van der Waals surface area contributed by atoms with E-state index in [2.05, 4.69) is 4.74 Å². The van der Waals surface area contributed by atoms with Gasteiger partial charge in [0.1, 0.15) is 5.60 Å². The molecule has 0 aliphatic carbocycles. The number of nitrogens with zero attached hydrogens (tertiary/aromatic N) is 1. The lowest BCUT2D eigenvalue weighted by Crippen LogP contribution is -2.48. The SMILES string of the molecule is CC(C)(C)OC(=O)N1C(=O)OC(=O)C[C@H]1c1ccccc1Cl. The zero-order valence-corrected chi connectivity index (χ0v) is 13.2. The minimum absolute atomic E-state index is 0.172. The van der Waals surface area contributed by atoms with Crippen molar-refractivity contribution >= 4 is 29.8 Å². The van der Waals surface area contributed by atoms with E-state index < -0.39 is 29.8 Å². The van der Waals surface area contributed by atoms with Crippen LogP contribution in [-0.2, 0) is 14.3 Å². The molecule has 1 aromatic rings. The molecule has 0 bridgehead atoms. The van der Waals surface area contributed by atoms with E-state index >= 15 is 0 Å². The molecule has 1 fully saturated rings. The predicted octanol–water partition coefficient (Wildman–Crippen LogP) is 3.69. The molecule has 2 rings (SSSR count). The molecule has 0 aromatic heterocycles. The highest BCUT2D eigenvalue weighted by atomic mass is 35.5. The van der Waals surface area contributed by atoms with Gasteiger partial charge in [-0.05, 0) is 32.4 Å². The average molecular weight is 326 g/mol. The van der Waals surface area contributed by atoms with Crippen LogP contribution in [0.3, 0.4) is 0 Å². The number of cyclic esters (lactones) is 2. The van der Waals surface area contributed by atoms with Crippen LogP contribution in [0.1, 0.15) is 38.8 Å². The van der Waals surface area contributed by atoms with Crippen LogP contribution in [0.5, 0.6) is 0 Å². The fourth-order valence-corrected chi connectivity index (χ4v) is 2.33. The number of carbonyl (C=O) groups excluding carboxylic acids is 3. The van der Waals surface area contributed by atoms with E-state index in [9.17, 15) is 14.4 Å². The minimum Gasteiger partial charge on any atom is -0.443 e. The van der Waals surface area contributed by atoms with Gasteiger partial charge in [-0.2, -0.15) is 0 Å². The standard InChI is InChI=1S/C15H16ClNO5/c1-15(2,3)22-14(20)17-11(8-12(18)21-13(17)19)9-6-4-5-7-10(9)16/h4-7,11H,8H2,1-3H3/t11-/m0/s1. The molecule has 118 valence electrons. The summed E-state index contributed by atoms with van der Waals surface area (Å²) in [6.45, 7) is 5.03. The van der Waals surface area contributed by atoms with Gasteiger partial charge in [0.25, 0.3) is 0 Å². The summed E-state index contributed by atoms with van der Waals surface area (Å²) in [5.74, 6) is -0.713. The quantitative estimate of drug-likeness (QED) is 0.581. The Labute approximate surface area is 132 Å². The van der Waals surface area contributed by atoms with Crippen molar-refractivity contribution in [1.29, 1.82) is 0 Å². The number of ether oxygens (including phenoxy) is 2. The molecule has 1 aliphatic rings. The Bertz CT molecular complexity index is 623. The molecule has 0 saturated carbocycles. The molecule has 22 heavy (non-hydrogen) atoms. The second kappa shape index (κ2) is 5.96. The molecule has 1 aromatic carbocycles. The van der Waals surface area contributed by atoms with E-state index in [-0.39, 0.29) is 6.42 Å². The van der Waals surface area contributed by atoms with E-state index in [0.717, 1.165) is 4.90 Å². The van der Waals surface area contributed by atoms with Crippen LogP contribution in [0.2, 0.25) is 5.02 Å². The smallest absolute Gasteiger partial charge is 0.427 e.